The van der Waals surface area contributed by atoms with Crippen LogP contribution < -0.4 is 9.64 Å². The smallest absolute Gasteiger partial charge is 0.276 e. The molecule has 1 aliphatic rings. The number of nitro benzene ring substituents is 1. The Morgan fingerprint density at radius 2 is 1.87 bits per heavy atom. The van der Waals surface area contributed by atoms with Crippen LogP contribution in [0.5, 0.6) is 5.75 Å². The van der Waals surface area contributed by atoms with Crippen molar-refractivity contribution in [3.63, 3.8) is 0 Å². The van der Waals surface area contributed by atoms with Gasteiger partial charge in [-0.1, -0.05) is 28.9 Å². The number of carbonyl (C=O) groups is 1. The van der Waals surface area contributed by atoms with E-state index in [4.69, 9.17) is 16.3 Å². The Kier molecular flexibility index (Phi) is 5.72. The highest BCUT2D eigenvalue weighted by Gasteiger charge is 2.26. The van der Waals surface area contributed by atoms with E-state index in [-0.39, 0.29) is 17.3 Å². The third-order valence-corrected chi connectivity index (χ3v) is 5.40. The van der Waals surface area contributed by atoms with Crippen molar-refractivity contribution in [3.05, 3.63) is 69.5 Å². The number of aromatic nitrogens is 3. The molecule has 0 bridgehead atoms. The lowest BCUT2D eigenvalue weighted by molar-refractivity contribution is -0.384. The van der Waals surface area contributed by atoms with Gasteiger partial charge in [0.15, 0.2) is 5.69 Å². The maximum atomic E-state index is 12.9. The Bertz CT molecular complexity index is 1130. The van der Waals surface area contributed by atoms with Crippen molar-refractivity contribution < 1.29 is 14.5 Å². The van der Waals surface area contributed by atoms with Crippen LogP contribution >= 0.6 is 11.6 Å². The number of rotatable bonds is 5. The molecule has 0 N–H and O–H groups in total. The lowest BCUT2D eigenvalue weighted by Gasteiger charge is -2.36. The van der Waals surface area contributed by atoms with Gasteiger partial charge in [-0.3, -0.25) is 14.9 Å². The van der Waals surface area contributed by atoms with E-state index in [1.165, 1.54) is 16.8 Å². The molecule has 0 saturated carbocycles. The van der Waals surface area contributed by atoms with Gasteiger partial charge in [0.05, 0.1) is 28.9 Å². The van der Waals surface area contributed by atoms with Crippen LogP contribution in [0, 0.1) is 10.1 Å². The molecule has 3 aromatic rings. The van der Waals surface area contributed by atoms with Gasteiger partial charge in [0.1, 0.15) is 11.4 Å². The normalized spacial score (nSPS) is 13.9. The number of nitrogens with zero attached hydrogens (tertiary/aromatic N) is 6. The minimum atomic E-state index is -0.482. The third kappa shape index (κ3) is 4.15. The van der Waals surface area contributed by atoms with Crippen LogP contribution in [-0.2, 0) is 0 Å². The summed E-state index contributed by atoms with van der Waals surface area (Å²) in [5, 5.41) is 19.3. The summed E-state index contributed by atoms with van der Waals surface area (Å²) in [6.07, 6.45) is 1.58. The van der Waals surface area contributed by atoms with Crippen LogP contribution in [0.4, 0.5) is 11.4 Å². The molecule has 2 aromatic carbocycles. The monoisotopic (exact) mass is 442 g/mol. The van der Waals surface area contributed by atoms with E-state index in [1.807, 2.05) is 23.1 Å². The molecule has 160 valence electrons. The predicted octanol–water partition coefficient (Wildman–Crippen LogP) is 2.80. The van der Waals surface area contributed by atoms with Gasteiger partial charge in [0.25, 0.3) is 11.6 Å². The van der Waals surface area contributed by atoms with E-state index < -0.39 is 4.92 Å². The van der Waals surface area contributed by atoms with Gasteiger partial charge in [0, 0.05) is 38.3 Å². The lowest BCUT2D eigenvalue weighted by atomic mass is 10.2. The minimum Gasteiger partial charge on any atom is -0.494 e. The van der Waals surface area contributed by atoms with E-state index in [2.05, 4.69) is 10.3 Å². The van der Waals surface area contributed by atoms with Crippen LogP contribution in [0.25, 0.3) is 5.69 Å². The molecule has 0 spiro atoms. The second-order valence-electron chi connectivity index (χ2n) is 6.89. The van der Waals surface area contributed by atoms with Crippen LogP contribution in [0.1, 0.15) is 10.5 Å². The number of para-hydroxylation sites is 2. The summed E-state index contributed by atoms with van der Waals surface area (Å²) < 4.78 is 6.85. The average Bonchev–Trinajstić information content (AvgIpc) is 3.28. The number of amides is 1. The van der Waals surface area contributed by atoms with Crippen molar-refractivity contribution in [3.8, 4) is 11.4 Å². The topological polar surface area (TPSA) is 107 Å². The standard InChI is InChI=1S/C20H19ClN6O4/c1-31-19-5-3-2-4-18(19)26-13-16(22-23-26)20(28)25-10-8-24(9-11-25)17-7-6-14(27(29)30)12-15(17)21/h2-7,12-13H,8-11H2,1H3. The molecule has 1 aliphatic heterocycles. The van der Waals surface area contributed by atoms with E-state index in [1.54, 1.807) is 30.3 Å². The molecule has 1 fully saturated rings. The minimum absolute atomic E-state index is 0.0549. The third-order valence-electron chi connectivity index (χ3n) is 5.09. The van der Waals surface area contributed by atoms with Crippen molar-refractivity contribution in [2.75, 3.05) is 38.2 Å². The Labute approximate surface area is 182 Å². The zero-order chi connectivity index (χ0) is 22.0. The fourth-order valence-electron chi connectivity index (χ4n) is 3.48. The molecular weight excluding hydrogens is 424 g/mol. The summed E-state index contributed by atoms with van der Waals surface area (Å²) in [5.74, 6) is 0.413. The van der Waals surface area contributed by atoms with Crippen molar-refractivity contribution in [2.45, 2.75) is 0 Å². The zero-order valence-corrected chi connectivity index (χ0v) is 17.4. The summed E-state index contributed by atoms with van der Waals surface area (Å²) >= 11 is 6.23. The van der Waals surface area contributed by atoms with Gasteiger partial charge in [0.2, 0.25) is 0 Å². The highest BCUT2D eigenvalue weighted by Crippen LogP contribution is 2.30. The lowest BCUT2D eigenvalue weighted by Crippen LogP contribution is -2.49. The van der Waals surface area contributed by atoms with E-state index in [0.29, 0.717) is 48.3 Å². The fraction of sp³-hybridized carbons (Fsp3) is 0.250. The van der Waals surface area contributed by atoms with Gasteiger partial charge < -0.3 is 14.5 Å². The van der Waals surface area contributed by atoms with Crippen LogP contribution in [0.3, 0.4) is 0 Å². The van der Waals surface area contributed by atoms with E-state index in [9.17, 15) is 14.9 Å². The molecule has 1 saturated heterocycles. The van der Waals surface area contributed by atoms with E-state index >= 15 is 0 Å². The largest absolute Gasteiger partial charge is 0.494 e. The first-order chi connectivity index (χ1) is 15.0. The molecule has 0 radical (unpaired) electrons. The number of hydrogen-bond acceptors (Lipinski definition) is 7. The van der Waals surface area contributed by atoms with E-state index in [0.717, 1.165) is 0 Å². The summed E-state index contributed by atoms with van der Waals surface area (Å²) in [5.41, 5.74) is 1.59. The molecule has 11 heteroatoms. The van der Waals surface area contributed by atoms with Crippen LogP contribution in [0.15, 0.2) is 48.7 Å². The Hall–Kier alpha value is -3.66. The molecule has 4 rings (SSSR count). The van der Waals surface area contributed by atoms with Gasteiger partial charge in [-0.05, 0) is 18.2 Å². The first-order valence-electron chi connectivity index (χ1n) is 9.52. The highest BCUT2D eigenvalue weighted by atomic mass is 35.5. The number of methoxy groups -OCH3 is 1. The van der Waals surface area contributed by atoms with Gasteiger partial charge in [-0.25, -0.2) is 4.68 Å². The molecule has 1 aromatic heterocycles. The van der Waals surface area contributed by atoms with Gasteiger partial charge in [-0.2, -0.15) is 0 Å². The molecule has 1 amide bonds. The predicted molar refractivity (Wildman–Crippen MR) is 114 cm³/mol. The van der Waals surface area contributed by atoms with Gasteiger partial charge >= 0.3 is 0 Å². The summed E-state index contributed by atoms with van der Waals surface area (Å²) in [4.78, 5) is 27.0. The van der Waals surface area contributed by atoms with Gasteiger partial charge in [-0.15, -0.1) is 5.10 Å². The fourth-order valence-corrected chi connectivity index (χ4v) is 3.77. The number of benzene rings is 2. The number of piperazine rings is 1. The summed E-state index contributed by atoms with van der Waals surface area (Å²) in [7, 11) is 1.57. The van der Waals surface area contributed by atoms with Crippen molar-refractivity contribution in [2.24, 2.45) is 0 Å². The first-order valence-corrected chi connectivity index (χ1v) is 9.89. The second-order valence-corrected chi connectivity index (χ2v) is 7.30. The Morgan fingerprint density at radius 3 is 2.55 bits per heavy atom. The maximum Gasteiger partial charge on any atom is 0.276 e. The zero-order valence-electron chi connectivity index (χ0n) is 16.6. The summed E-state index contributed by atoms with van der Waals surface area (Å²) in [6.45, 7) is 2.02. The number of anilines is 1. The molecule has 0 atom stereocenters. The maximum absolute atomic E-state index is 12.9. The number of hydrogen-bond donors (Lipinski definition) is 0. The highest BCUT2D eigenvalue weighted by molar-refractivity contribution is 6.33. The first kappa shape index (κ1) is 20.6. The Morgan fingerprint density at radius 1 is 1.13 bits per heavy atom. The quantitative estimate of drug-likeness (QED) is 0.441. The Balaban J connectivity index is 1.43. The molecule has 31 heavy (non-hydrogen) atoms. The number of ether oxygens (including phenoxy) is 1. The van der Waals surface area contributed by atoms with Crippen molar-refractivity contribution in [1.82, 2.24) is 19.9 Å². The number of non-ortho nitro benzene ring substituents is 1. The molecular formula is C20H19ClN6O4. The number of nitro groups is 1. The average molecular weight is 443 g/mol. The van der Waals surface area contributed by atoms with Crippen LogP contribution in [-0.4, -0.2) is 64.0 Å². The van der Waals surface area contributed by atoms with Crippen LogP contribution in [0.2, 0.25) is 5.02 Å². The second kappa shape index (κ2) is 8.60. The molecule has 0 unspecified atom stereocenters. The summed E-state index contributed by atoms with van der Waals surface area (Å²) in [6, 6.07) is 11.7. The number of carbonyl (C=O) groups excluding carboxylic acids is 1. The molecule has 10 nitrogen and oxygen atoms in total. The molecule has 2 heterocycles. The van der Waals surface area contributed by atoms with Crippen molar-refractivity contribution in [1.29, 1.82) is 0 Å². The van der Waals surface area contributed by atoms with Crippen molar-refractivity contribution >= 4 is 28.9 Å². The number of halogens is 1. The SMILES string of the molecule is COc1ccccc1-n1cc(C(=O)N2CCN(c3ccc([N+](=O)[O-])cc3Cl)CC2)nn1. The molecule has 0 aliphatic carbocycles.